The molecule has 2 aromatic carbocycles. The number of nitrogens with two attached hydrogens (primary N) is 1. The maximum atomic E-state index is 12.4. The van der Waals surface area contributed by atoms with Gasteiger partial charge in [-0.2, -0.15) is 0 Å². The number of rotatable bonds is 4. The molecule has 0 amide bonds. The predicted octanol–water partition coefficient (Wildman–Crippen LogP) is 3.76. The summed E-state index contributed by atoms with van der Waals surface area (Å²) >= 11 is 16.8. The van der Waals surface area contributed by atoms with Crippen LogP contribution in [0.5, 0.6) is 0 Å². The molecule has 0 saturated heterocycles. The van der Waals surface area contributed by atoms with Gasteiger partial charge in [0.25, 0.3) is 10.0 Å². The van der Waals surface area contributed by atoms with E-state index in [1.54, 1.807) is 12.1 Å². The van der Waals surface area contributed by atoms with Crippen LogP contribution in [0.4, 0.5) is 11.4 Å². The molecule has 122 valence electrons. The van der Waals surface area contributed by atoms with Crippen LogP contribution < -0.4 is 15.8 Å². The Kier molecular flexibility index (Phi) is 5.36. The standard InChI is InChI=1S/C14H13Cl2N3O2S2/c1-8-2-4-9(5-3-8)23(20,21)19-13-7-12(18-14(17)22)10(15)6-11(13)16/h2-7,19H,1H3,(H3,17,18,22). The van der Waals surface area contributed by atoms with E-state index in [0.717, 1.165) is 5.56 Å². The van der Waals surface area contributed by atoms with E-state index in [1.807, 2.05) is 6.92 Å². The molecule has 23 heavy (non-hydrogen) atoms. The van der Waals surface area contributed by atoms with Gasteiger partial charge in [-0.05, 0) is 43.4 Å². The molecular weight excluding hydrogens is 377 g/mol. The fourth-order valence-electron chi connectivity index (χ4n) is 1.78. The molecule has 2 aromatic rings. The lowest BCUT2D eigenvalue weighted by Crippen LogP contribution is -2.19. The van der Waals surface area contributed by atoms with Gasteiger partial charge < -0.3 is 11.1 Å². The van der Waals surface area contributed by atoms with E-state index < -0.39 is 10.0 Å². The largest absolute Gasteiger partial charge is 0.376 e. The molecule has 0 bridgehead atoms. The summed E-state index contributed by atoms with van der Waals surface area (Å²) in [5.41, 5.74) is 6.87. The van der Waals surface area contributed by atoms with E-state index in [1.165, 1.54) is 24.3 Å². The summed E-state index contributed by atoms with van der Waals surface area (Å²) in [6.45, 7) is 1.87. The first-order valence-corrected chi connectivity index (χ1v) is 8.99. The quantitative estimate of drug-likeness (QED) is 0.693. The summed E-state index contributed by atoms with van der Waals surface area (Å²) in [6.07, 6.45) is 0. The second kappa shape index (κ2) is 6.92. The summed E-state index contributed by atoms with van der Waals surface area (Å²) in [4.78, 5) is 0.123. The van der Waals surface area contributed by atoms with Crippen LogP contribution in [0.25, 0.3) is 0 Å². The zero-order valence-corrected chi connectivity index (χ0v) is 15.1. The molecule has 0 spiro atoms. The molecule has 0 atom stereocenters. The van der Waals surface area contributed by atoms with Crippen molar-refractivity contribution in [1.82, 2.24) is 0 Å². The van der Waals surface area contributed by atoms with Crippen molar-refractivity contribution in [2.24, 2.45) is 5.73 Å². The summed E-state index contributed by atoms with van der Waals surface area (Å²) in [5, 5.41) is 3.08. The highest BCUT2D eigenvalue weighted by Gasteiger charge is 2.17. The minimum Gasteiger partial charge on any atom is -0.376 e. The summed E-state index contributed by atoms with van der Waals surface area (Å²) in [5.74, 6) is 0. The fourth-order valence-corrected chi connectivity index (χ4v) is 3.49. The second-order valence-electron chi connectivity index (χ2n) is 4.72. The maximum Gasteiger partial charge on any atom is 0.261 e. The normalized spacial score (nSPS) is 11.1. The fraction of sp³-hybridized carbons (Fsp3) is 0.0714. The molecule has 0 aromatic heterocycles. The van der Waals surface area contributed by atoms with Gasteiger partial charge in [-0.15, -0.1) is 0 Å². The highest BCUT2D eigenvalue weighted by atomic mass is 35.5. The van der Waals surface area contributed by atoms with Crippen LogP contribution in [0.1, 0.15) is 5.56 Å². The Hall–Kier alpha value is -1.54. The number of anilines is 2. The Morgan fingerprint density at radius 3 is 2.22 bits per heavy atom. The molecule has 0 aliphatic heterocycles. The lowest BCUT2D eigenvalue weighted by Gasteiger charge is -2.13. The molecule has 5 nitrogen and oxygen atoms in total. The number of benzene rings is 2. The number of nitrogens with one attached hydrogen (secondary N) is 2. The van der Waals surface area contributed by atoms with Crippen LogP contribution in [-0.2, 0) is 10.0 Å². The molecular formula is C14H13Cl2N3O2S2. The van der Waals surface area contributed by atoms with E-state index in [9.17, 15) is 8.42 Å². The lowest BCUT2D eigenvalue weighted by molar-refractivity contribution is 0.601. The van der Waals surface area contributed by atoms with Crippen molar-refractivity contribution in [3.05, 3.63) is 52.0 Å². The molecule has 9 heteroatoms. The van der Waals surface area contributed by atoms with Gasteiger partial charge in [0.2, 0.25) is 0 Å². The van der Waals surface area contributed by atoms with Gasteiger partial charge in [0.1, 0.15) is 0 Å². The van der Waals surface area contributed by atoms with Crippen LogP contribution >= 0.6 is 35.4 Å². The van der Waals surface area contributed by atoms with Crippen molar-refractivity contribution in [2.45, 2.75) is 11.8 Å². The van der Waals surface area contributed by atoms with Crippen LogP contribution in [0, 0.1) is 6.92 Å². The van der Waals surface area contributed by atoms with E-state index >= 15 is 0 Å². The third-order valence-corrected chi connectivity index (χ3v) is 5.00. The van der Waals surface area contributed by atoms with Gasteiger partial charge in [0.15, 0.2) is 5.11 Å². The SMILES string of the molecule is Cc1ccc(S(=O)(=O)Nc2cc(NC(N)=S)c(Cl)cc2Cl)cc1. The Balaban J connectivity index is 2.38. The third-order valence-electron chi connectivity index (χ3n) is 2.89. The average Bonchev–Trinajstić information content (AvgIpc) is 2.44. The Labute approximate surface area is 149 Å². The summed E-state index contributed by atoms with van der Waals surface area (Å²) in [7, 11) is -3.78. The Morgan fingerprint density at radius 2 is 1.65 bits per heavy atom. The average molecular weight is 390 g/mol. The second-order valence-corrected chi connectivity index (χ2v) is 7.66. The van der Waals surface area contributed by atoms with Crippen LogP contribution in [0.15, 0.2) is 41.3 Å². The highest BCUT2D eigenvalue weighted by Crippen LogP contribution is 2.33. The van der Waals surface area contributed by atoms with Crippen molar-refractivity contribution in [1.29, 1.82) is 0 Å². The molecule has 0 aliphatic carbocycles. The molecule has 0 saturated carbocycles. The molecule has 0 fully saturated rings. The smallest absolute Gasteiger partial charge is 0.261 e. The minimum atomic E-state index is -3.78. The highest BCUT2D eigenvalue weighted by molar-refractivity contribution is 7.92. The number of hydrogen-bond donors (Lipinski definition) is 3. The molecule has 2 rings (SSSR count). The number of hydrogen-bond acceptors (Lipinski definition) is 3. The first-order valence-electron chi connectivity index (χ1n) is 6.34. The van der Waals surface area contributed by atoms with Crippen LogP contribution in [0.2, 0.25) is 10.0 Å². The summed E-state index contributed by atoms with van der Waals surface area (Å²) in [6, 6.07) is 9.26. The molecule has 0 heterocycles. The third kappa shape index (κ3) is 4.48. The molecule has 0 aliphatic rings. The van der Waals surface area contributed by atoms with Crippen LogP contribution in [-0.4, -0.2) is 13.5 Å². The Morgan fingerprint density at radius 1 is 1.09 bits per heavy atom. The maximum absolute atomic E-state index is 12.4. The zero-order valence-electron chi connectivity index (χ0n) is 11.9. The Bertz CT molecular complexity index is 853. The van der Waals surface area contributed by atoms with E-state index in [0.29, 0.717) is 5.69 Å². The molecule has 0 unspecified atom stereocenters. The van der Waals surface area contributed by atoms with Crippen molar-refractivity contribution >= 4 is 61.9 Å². The van der Waals surface area contributed by atoms with E-state index in [-0.39, 0.29) is 25.7 Å². The van der Waals surface area contributed by atoms with Gasteiger partial charge in [0, 0.05) is 0 Å². The number of halogens is 2. The first kappa shape index (κ1) is 17.8. The molecule has 4 N–H and O–H groups in total. The monoisotopic (exact) mass is 389 g/mol. The van der Waals surface area contributed by atoms with Crippen molar-refractivity contribution < 1.29 is 8.42 Å². The lowest BCUT2D eigenvalue weighted by atomic mass is 10.2. The zero-order chi connectivity index (χ0) is 17.2. The summed E-state index contributed by atoms with van der Waals surface area (Å²) < 4.78 is 27.2. The van der Waals surface area contributed by atoms with Crippen LogP contribution in [0.3, 0.4) is 0 Å². The van der Waals surface area contributed by atoms with Gasteiger partial charge in [-0.1, -0.05) is 40.9 Å². The van der Waals surface area contributed by atoms with Crippen molar-refractivity contribution in [2.75, 3.05) is 10.0 Å². The van der Waals surface area contributed by atoms with Crippen molar-refractivity contribution in [3.8, 4) is 0 Å². The number of sulfonamides is 1. The van der Waals surface area contributed by atoms with E-state index in [2.05, 4.69) is 10.0 Å². The first-order chi connectivity index (χ1) is 10.7. The van der Waals surface area contributed by atoms with Gasteiger partial charge in [-0.3, -0.25) is 4.72 Å². The van der Waals surface area contributed by atoms with Gasteiger partial charge >= 0.3 is 0 Å². The molecule has 0 radical (unpaired) electrons. The van der Waals surface area contributed by atoms with Gasteiger partial charge in [0.05, 0.1) is 26.3 Å². The van der Waals surface area contributed by atoms with E-state index in [4.69, 9.17) is 41.2 Å². The number of aryl methyl sites for hydroxylation is 1. The number of thiocarbonyl (C=S) groups is 1. The van der Waals surface area contributed by atoms with Gasteiger partial charge in [-0.25, -0.2) is 8.42 Å². The minimum absolute atomic E-state index is 0.00145. The van der Waals surface area contributed by atoms with Crippen molar-refractivity contribution in [3.63, 3.8) is 0 Å². The predicted molar refractivity (Wildman–Crippen MR) is 98.9 cm³/mol. The topological polar surface area (TPSA) is 84.2 Å².